The summed E-state index contributed by atoms with van der Waals surface area (Å²) in [6.07, 6.45) is 62.9. The Morgan fingerprint density at radius 2 is 0.738 bits per heavy atom. The highest BCUT2D eigenvalue weighted by Gasteiger charge is 2.19. The summed E-state index contributed by atoms with van der Waals surface area (Å²) in [5, 5.41) is 0. The Balaban J connectivity index is 4.35. The van der Waals surface area contributed by atoms with Gasteiger partial charge in [-0.25, -0.2) is 0 Å². The lowest BCUT2D eigenvalue weighted by molar-refractivity contribution is -0.167. The molecule has 61 heavy (non-hydrogen) atoms. The van der Waals surface area contributed by atoms with Crippen molar-refractivity contribution in [3.05, 3.63) is 85.1 Å². The molecule has 0 spiro atoms. The molecule has 0 aliphatic carbocycles. The summed E-state index contributed by atoms with van der Waals surface area (Å²) in [4.78, 5) is 37.8. The smallest absolute Gasteiger partial charge is 0.306 e. The maximum absolute atomic E-state index is 12.8. The number of carbonyl (C=O) groups excluding carboxylic acids is 3. The molecule has 0 bridgehead atoms. The molecule has 0 aliphatic rings. The van der Waals surface area contributed by atoms with E-state index in [4.69, 9.17) is 14.2 Å². The van der Waals surface area contributed by atoms with Crippen molar-refractivity contribution >= 4 is 17.9 Å². The standard InChI is InChI=1S/C55H92O6/c1-4-7-10-13-16-19-21-23-25-26-27-28-30-31-33-36-39-42-45-48-54(57)60-51-52(50-59-53(56)47-44-41-38-35-18-15-12-9-6-3)61-55(58)49-46-43-40-37-34-32-29-24-22-20-17-14-11-8-5-2/h7-8,10-11,14,16-17,19-20,22-23,25,35,38,52H,4-6,9,12-13,15,18,21,24,26-34,36-37,39-51H2,1-3H3/b10-7-,11-8-,17-14-,19-16-,22-20-,25-23-,38-35-. The molecule has 0 fully saturated rings. The van der Waals surface area contributed by atoms with Crippen molar-refractivity contribution < 1.29 is 28.6 Å². The summed E-state index contributed by atoms with van der Waals surface area (Å²) < 4.78 is 16.7. The minimum atomic E-state index is -0.795. The van der Waals surface area contributed by atoms with Crippen LogP contribution in [0.25, 0.3) is 0 Å². The van der Waals surface area contributed by atoms with Gasteiger partial charge in [0, 0.05) is 19.3 Å². The first-order valence-corrected chi connectivity index (χ1v) is 25.1. The summed E-state index contributed by atoms with van der Waals surface area (Å²) in [5.74, 6) is -0.951. The molecule has 6 nitrogen and oxygen atoms in total. The Morgan fingerprint density at radius 1 is 0.361 bits per heavy atom. The van der Waals surface area contributed by atoms with E-state index in [1.54, 1.807) is 0 Å². The van der Waals surface area contributed by atoms with Gasteiger partial charge in [0.2, 0.25) is 0 Å². The van der Waals surface area contributed by atoms with Gasteiger partial charge in [-0.2, -0.15) is 0 Å². The maximum atomic E-state index is 12.8. The summed E-state index contributed by atoms with van der Waals surface area (Å²) in [6.45, 7) is 6.32. The third-order valence-corrected chi connectivity index (χ3v) is 10.4. The van der Waals surface area contributed by atoms with Gasteiger partial charge in [0.05, 0.1) is 0 Å². The molecule has 1 atom stereocenters. The van der Waals surface area contributed by atoms with E-state index >= 15 is 0 Å². The topological polar surface area (TPSA) is 78.9 Å². The van der Waals surface area contributed by atoms with E-state index in [1.165, 1.54) is 96.3 Å². The number of hydrogen-bond acceptors (Lipinski definition) is 6. The Morgan fingerprint density at radius 3 is 1.26 bits per heavy atom. The van der Waals surface area contributed by atoms with Gasteiger partial charge >= 0.3 is 17.9 Å². The van der Waals surface area contributed by atoms with Gasteiger partial charge in [-0.05, 0) is 89.9 Å². The van der Waals surface area contributed by atoms with Crippen LogP contribution in [-0.2, 0) is 28.6 Å². The van der Waals surface area contributed by atoms with E-state index < -0.39 is 6.10 Å². The minimum Gasteiger partial charge on any atom is -0.462 e. The third kappa shape index (κ3) is 47.5. The van der Waals surface area contributed by atoms with Gasteiger partial charge in [-0.1, -0.05) is 202 Å². The van der Waals surface area contributed by atoms with Crippen molar-refractivity contribution in [2.75, 3.05) is 13.2 Å². The number of allylic oxidation sites excluding steroid dienone is 14. The van der Waals surface area contributed by atoms with Crippen LogP contribution in [0.15, 0.2) is 85.1 Å². The zero-order valence-corrected chi connectivity index (χ0v) is 39.7. The maximum Gasteiger partial charge on any atom is 0.306 e. The van der Waals surface area contributed by atoms with Crippen LogP contribution in [0.4, 0.5) is 0 Å². The van der Waals surface area contributed by atoms with Gasteiger partial charge in [0.15, 0.2) is 6.10 Å². The second-order valence-corrected chi connectivity index (χ2v) is 16.4. The van der Waals surface area contributed by atoms with Gasteiger partial charge < -0.3 is 14.2 Å². The molecule has 0 amide bonds. The predicted molar refractivity (Wildman–Crippen MR) is 261 cm³/mol. The van der Waals surface area contributed by atoms with E-state index in [9.17, 15) is 14.4 Å². The highest BCUT2D eigenvalue weighted by atomic mass is 16.6. The average Bonchev–Trinajstić information content (AvgIpc) is 3.26. The van der Waals surface area contributed by atoms with Crippen LogP contribution in [-0.4, -0.2) is 37.2 Å². The Labute approximate surface area is 375 Å². The number of carbonyl (C=O) groups is 3. The first kappa shape index (κ1) is 57.6. The van der Waals surface area contributed by atoms with Crippen molar-refractivity contribution in [2.24, 2.45) is 0 Å². The molecule has 0 heterocycles. The van der Waals surface area contributed by atoms with Crippen LogP contribution >= 0.6 is 0 Å². The molecule has 0 radical (unpaired) electrons. The van der Waals surface area contributed by atoms with Crippen molar-refractivity contribution in [1.29, 1.82) is 0 Å². The summed E-state index contributed by atoms with van der Waals surface area (Å²) in [7, 11) is 0. The lowest BCUT2D eigenvalue weighted by Gasteiger charge is -2.18. The van der Waals surface area contributed by atoms with Crippen molar-refractivity contribution in [2.45, 2.75) is 232 Å². The second kappa shape index (κ2) is 49.2. The molecule has 0 aromatic carbocycles. The van der Waals surface area contributed by atoms with Gasteiger partial charge in [-0.15, -0.1) is 0 Å². The first-order valence-electron chi connectivity index (χ1n) is 25.1. The van der Waals surface area contributed by atoms with Gasteiger partial charge in [0.1, 0.15) is 13.2 Å². The first-order chi connectivity index (χ1) is 30.0. The molecule has 0 aromatic heterocycles. The van der Waals surface area contributed by atoms with Crippen LogP contribution < -0.4 is 0 Å². The Bertz CT molecular complexity index is 1200. The molecule has 0 saturated carbocycles. The van der Waals surface area contributed by atoms with Crippen molar-refractivity contribution in [3.8, 4) is 0 Å². The average molecular weight is 849 g/mol. The van der Waals surface area contributed by atoms with Crippen molar-refractivity contribution in [3.63, 3.8) is 0 Å². The third-order valence-electron chi connectivity index (χ3n) is 10.4. The highest BCUT2D eigenvalue weighted by molar-refractivity contribution is 5.71. The van der Waals surface area contributed by atoms with Crippen LogP contribution in [0.1, 0.15) is 226 Å². The lowest BCUT2D eigenvalue weighted by atomic mass is 10.1. The quantitative estimate of drug-likeness (QED) is 0.0200. The van der Waals surface area contributed by atoms with Crippen LogP contribution in [0.5, 0.6) is 0 Å². The number of rotatable bonds is 44. The second-order valence-electron chi connectivity index (χ2n) is 16.4. The number of ether oxygens (including phenoxy) is 3. The monoisotopic (exact) mass is 849 g/mol. The number of unbranched alkanes of at least 4 members (excludes halogenated alkanes) is 21. The van der Waals surface area contributed by atoms with Crippen LogP contribution in [0, 0.1) is 0 Å². The van der Waals surface area contributed by atoms with E-state index in [1.807, 2.05) is 0 Å². The largest absolute Gasteiger partial charge is 0.462 e. The molecule has 348 valence electrons. The fourth-order valence-corrected chi connectivity index (χ4v) is 6.69. The normalized spacial score (nSPS) is 12.8. The fourth-order valence-electron chi connectivity index (χ4n) is 6.69. The van der Waals surface area contributed by atoms with Gasteiger partial charge in [0.25, 0.3) is 0 Å². The SMILES string of the molecule is CC\C=C/C=C\C=C/CCCCCCCCCC(=O)OC(COC(=O)CCC/C=C\CCCCCC)COC(=O)CCCCCCCCCCC/C=C\C/C=C\C/C=C\CC. The molecule has 0 rings (SSSR count). The minimum absolute atomic E-state index is 0.0935. The molecular formula is C55H92O6. The van der Waals surface area contributed by atoms with E-state index in [2.05, 4.69) is 106 Å². The van der Waals surface area contributed by atoms with Crippen LogP contribution in [0.2, 0.25) is 0 Å². The Hall–Kier alpha value is -3.41. The molecule has 6 heteroatoms. The fraction of sp³-hybridized carbons (Fsp3) is 0.691. The molecule has 0 aromatic rings. The lowest BCUT2D eigenvalue weighted by Crippen LogP contribution is -2.30. The summed E-state index contributed by atoms with van der Waals surface area (Å²) in [6, 6.07) is 0. The van der Waals surface area contributed by atoms with Crippen molar-refractivity contribution in [1.82, 2.24) is 0 Å². The summed E-state index contributed by atoms with van der Waals surface area (Å²) >= 11 is 0. The van der Waals surface area contributed by atoms with E-state index in [-0.39, 0.29) is 31.1 Å². The van der Waals surface area contributed by atoms with Crippen LogP contribution in [0.3, 0.4) is 0 Å². The molecule has 0 aliphatic heterocycles. The predicted octanol–water partition coefficient (Wildman–Crippen LogP) is 16.4. The zero-order valence-electron chi connectivity index (χ0n) is 39.7. The highest BCUT2D eigenvalue weighted by Crippen LogP contribution is 2.14. The van der Waals surface area contributed by atoms with E-state index in [0.29, 0.717) is 25.7 Å². The number of esters is 3. The Kier molecular flexibility index (Phi) is 46.5. The molecule has 0 N–H and O–H groups in total. The molecular weight excluding hydrogens is 757 g/mol. The van der Waals surface area contributed by atoms with Gasteiger partial charge in [-0.3, -0.25) is 14.4 Å². The molecule has 1 unspecified atom stereocenters. The zero-order chi connectivity index (χ0) is 44.4. The summed E-state index contributed by atoms with van der Waals surface area (Å²) in [5.41, 5.74) is 0. The number of hydrogen-bond donors (Lipinski definition) is 0. The molecule has 0 saturated heterocycles. The van der Waals surface area contributed by atoms with E-state index in [0.717, 1.165) is 83.5 Å².